The zero-order valence-electron chi connectivity index (χ0n) is 9.22. The molecule has 0 N–H and O–H groups in total. The van der Waals surface area contributed by atoms with E-state index >= 15 is 0 Å². The monoisotopic (exact) mass is 200 g/mol. The summed E-state index contributed by atoms with van der Waals surface area (Å²) in [6, 6.07) is 7.89. The van der Waals surface area contributed by atoms with E-state index in [1.807, 2.05) is 30.5 Å². The molecule has 0 amide bonds. The molecule has 0 saturated carbocycles. The van der Waals surface area contributed by atoms with Gasteiger partial charge < -0.3 is 0 Å². The molecular weight excluding hydrogens is 184 g/mol. The average Bonchev–Trinajstić information content (AvgIpc) is 2.32. The fraction of sp³-hybridized carbons (Fsp3) is 0.231. The van der Waals surface area contributed by atoms with Crippen LogP contribution >= 0.6 is 0 Å². The Hall–Kier alpha value is -1.70. The lowest BCUT2D eigenvalue weighted by atomic mass is 10.1. The van der Waals surface area contributed by atoms with Crippen molar-refractivity contribution in [2.24, 2.45) is 0 Å². The van der Waals surface area contributed by atoms with Crippen LogP contribution in [-0.4, -0.2) is 9.97 Å². The van der Waals surface area contributed by atoms with Crippen LogP contribution in [0.4, 0.5) is 0 Å². The number of hydrogen-bond acceptors (Lipinski definition) is 2. The normalized spacial score (nSPS) is 8.93. The highest BCUT2D eigenvalue weighted by Crippen LogP contribution is 2.15. The Bertz CT molecular complexity index is 319. The minimum Gasteiger partial charge on any atom is -0.265 e. The van der Waals surface area contributed by atoms with Crippen LogP contribution in [0.5, 0.6) is 0 Å². The van der Waals surface area contributed by atoms with Crippen LogP contribution in [0.25, 0.3) is 11.1 Å². The smallest absolute Gasteiger partial charge is 0.0346 e. The van der Waals surface area contributed by atoms with Gasteiger partial charge in [-0.05, 0) is 23.8 Å². The molecule has 2 heterocycles. The van der Waals surface area contributed by atoms with Gasteiger partial charge in [-0.15, -0.1) is 0 Å². The van der Waals surface area contributed by atoms with Crippen molar-refractivity contribution in [3.8, 4) is 11.1 Å². The molecule has 0 saturated heterocycles. The van der Waals surface area contributed by atoms with E-state index in [0.29, 0.717) is 0 Å². The molecule has 2 nitrogen and oxygen atoms in total. The first-order valence-electron chi connectivity index (χ1n) is 5.19. The maximum absolute atomic E-state index is 4.04. The Morgan fingerprint density at radius 1 is 0.867 bits per heavy atom. The molecule has 0 atom stereocenters. The maximum atomic E-state index is 4.04. The zero-order valence-corrected chi connectivity index (χ0v) is 9.22. The van der Waals surface area contributed by atoms with E-state index in [-0.39, 0.29) is 0 Å². The summed E-state index contributed by atoms with van der Waals surface area (Å²) in [5.74, 6) is 0. The summed E-state index contributed by atoms with van der Waals surface area (Å²) in [5, 5.41) is 0. The zero-order chi connectivity index (χ0) is 10.9. The van der Waals surface area contributed by atoms with Crippen LogP contribution < -0.4 is 0 Å². The fourth-order valence-electron chi connectivity index (χ4n) is 1.08. The molecule has 0 aliphatic rings. The van der Waals surface area contributed by atoms with Gasteiger partial charge in [0.25, 0.3) is 0 Å². The van der Waals surface area contributed by atoms with Gasteiger partial charge in [0.15, 0.2) is 0 Å². The Kier molecular flexibility index (Phi) is 5.09. The van der Waals surface area contributed by atoms with Crippen molar-refractivity contribution in [3.05, 3.63) is 49.1 Å². The third-order valence-corrected chi connectivity index (χ3v) is 1.68. The molecule has 0 aliphatic heterocycles. The van der Waals surface area contributed by atoms with Crippen molar-refractivity contribution in [1.82, 2.24) is 9.97 Å². The largest absolute Gasteiger partial charge is 0.265 e. The summed E-state index contributed by atoms with van der Waals surface area (Å²) in [5.41, 5.74) is 2.28. The molecule has 0 aliphatic carbocycles. The van der Waals surface area contributed by atoms with Crippen molar-refractivity contribution < 1.29 is 0 Å². The Morgan fingerprint density at radius 2 is 1.53 bits per heavy atom. The molecule has 2 heteroatoms. The molecule has 0 aromatic carbocycles. The maximum Gasteiger partial charge on any atom is 0.0346 e. The van der Waals surface area contributed by atoms with Gasteiger partial charge in [0.2, 0.25) is 0 Å². The lowest BCUT2D eigenvalue weighted by molar-refractivity contribution is 1.09. The van der Waals surface area contributed by atoms with Crippen LogP contribution in [0.3, 0.4) is 0 Å². The molecule has 0 fully saturated rings. The highest BCUT2D eigenvalue weighted by Gasteiger charge is 1.93. The highest BCUT2D eigenvalue weighted by molar-refractivity contribution is 5.61. The molecule has 2 aromatic rings. The Balaban J connectivity index is 0.000000337. The third kappa shape index (κ3) is 3.90. The minimum absolute atomic E-state index is 1.12. The van der Waals surface area contributed by atoms with Crippen molar-refractivity contribution >= 4 is 0 Å². The second-order valence-electron chi connectivity index (χ2n) is 3.18. The third-order valence-electron chi connectivity index (χ3n) is 1.68. The van der Waals surface area contributed by atoms with Crippen LogP contribution in [0, 0.1) is 0 Å². The summed E-state index contributed by atoms with van der Waals surface area (Å²) in [6.45, 7) is 4.25. The van der Waals surface area contributed by atoms with Crippen molar-refractivity contribution in [1.29, 1.82) is 0 Å². The van der Waals surface area contributed by atoms with E-state index in [9.17, 15) is 0 Å². The number of nitrogens with zero attached hydrogens (tertiary/aromatic N) is 2. The summed E-state index contributed by atoms with van der Waals surface area (Å²) in [4.78, 5) is 7.99. The number of aromatic nitrogens is 2. The Labute approximate surface area is 91.0 Å². The van der Waals surface area contributed by atoms with E-state index in [2.05, 4.69) is 23.8 Å². The van der Waals surface area contributed by atoms with Crippen LogP contribution in [-0.2, 0) is 0 Å². The number of hydrogen-bond donors (Lipinski definition) is 0. The van der Waals surface area contributed by atoms with Gasteiger partial charge in [-0.2, -0.15) is 0 Å². The molecule has 2 rings (SSSR count). The topological polar surface area (TPSA) is 25.8 Å². The van der Waals surface area contributed by atoms with Gasteiger partial charge in [0, 0.05) is 30.4 Å². The van der Waals surface area contributed by atoms with Crippen LogP contribution in [0.2, 0.25) is 0 Å². The van der Waals surface area contributed by atoms with E-state index < -0.39 is 0 Å². The minimum atomic E-state index is 1.12. The molecule has 0 unspecified atom stereocenters. The number of pyridine rings is 2. The summed E-state index contributed by atoms with van der Waals surface area (Å²) in [7, 11) is 0. The van der Waals surface area contributed by atoms with E-state index in [1.54, 1.807) is 18.6 Å². The molecule has 2 aromatic heterocycles. The van der Waals surface area contributed by atoms with Crippen molar-refractivity contribution in [2.75, 3.05) is 0 Å². The standard InChI is InChI=1S/C10H8N2.C3H8/c1-2-10(8-12-5-1)9-3-6-11-7-4-9;1-3-2/h1-8H;3H2,1-2H3. The fourth-order valence-corrected chi connectivity index (χ4v) is 1.08. The van der Waals surface area contributed by atoms with Crippen molar-refractivity contribution in [3.63, 3.8) is 0 Å². The molecule has 0 spiro atoms. The average molecular weight is 200 g/mol. The van der Waals surface area contributed by atoms with Gasteiger partial charge in [0.05, 0.1) is 0 Å². The van der Waals surface area contributed by atoms with Crippen LogP contribution in [0.1, 0.15) is 20.3 Å². The molecule has 15 heavy (non-hydrogen) atoms. The molecule has 0 radical (unpaired) electrons. The van der Waals surface area contributed by atoms with E-state index in [1.165, 1.54) is 6.42 Å². The summed E-state index contributed by atoms with van der Waals surface area (Å²) >= 11 is 0. The first-order valence-corrected chi connectivity index (χ1v) is 5.19. The van der Waals surface area contributed by atoms with Crippen molar-refractivity contribution in [2.45, 2.75) is 20.3 Å². The summed E-state index contributed by atoms with van der Waals surface area (Å²) < 4.78 is 0. The predicted octanol–water partition coefficient (Wildman–Crippen LogP) is 3.56. The van der Waals surface area contributed by atoms with Crippen LogP contribution in [0.15, 0.2) is 49.1 Å². The first kappa shape index (κ1) is 11.4. The summed E-state index contributed by atoms with van der Waals surface area (Å²) in [6.07, 6.45) is 8.42. The quantitative estimate of drug-likeness (QED) is 0.703. The molecule has 78 valence electrons. The van der Waals surface area contributed by atoms with E-state index in [4.69, 9.17) is 0 Å². The molecular formula is C13H16N2. The van der Waals surface area contributed by atoms with Gasteiger partial charge in [0.1, 0.15) is 0 Å². The number of rotatable bonds is 1. The lowest BCUT2D eigenvalue weighted by Gasteiger charge is -1.97. The SMILES string of the molecule is CCC.c1cncc(-c2ccncc2)c1. The molecule has 0 bridgehead atoms. The van der Waals surface area contributed by atoms with Gasteiger partial charge in [-0.1, -0.05) is 26.3 Å². The van der Waals surface area contributed by atoms with Gasteiger partial charge in [-0.25, -0.2) is 0 Å². The van der Waals surface area contributed by atoms with Gasteiger partial charge in [-0.3, -0.25) is 9.97 Å². The van der Waals surface area contributed by atoms with Gasteiger partial charge >= 0.3 is 0 Å². The highest BCUT2D eigenvalue weighted by atomic mass is 14.6. The second kappa shape index (κ2) is 6.71. The Morgan fingerprint density at radius 3 is 2.07 bits per heavy atom. The predicted molar refractivity (Wildman–Crippen MR) is 63.4 cm³/mol. The first-order chi connectivity index (χ1) is 7.38. The van der Waals surface area contributed by atoms with E-state index in [0.717, 1.165) is 11.1 Å². The second-order valence-corrected chi connectivity index (χ2v) is 3.18. The lowest BCUT2D eigenvalue weighted by Crippen LogP contribution is -1.78.